The summed E-state index contributed by atoms with van der Waals surface area (Å²) in [5.74, 6) is -0.685. The van der Waals surface area contributed by atoms with E-state index in [-0.39, 0.29) is 42.7 Å². The Morgan fingerprint density at radius 3 is 2.41 bits per heavy atom. The van der Waals surface area contributed by atoms with Gasteiger partial charge in [-0.1, -0.05) is 32.0 Å². The quantitative estimate of drug-likeness (QED) is 0.260. The number of halogens is 1. The number of hydrogen-bond donors (Lipinski definition) is 3. The average Bonchev–Trinajstić information content (AvgIpc) is 3.25. The Bertz CT molecular complexity index is 1530. The number of carbonyl (C=O) groups is 3. The number of nitrogens with two attached hydrogens (primary N) is 2. The Kier molecular flexibility index (Phi) is 8.29. The second-order valence-electron chi connectivity index (χ2n) is 9.66. The summed E-state index contributed by atoms with van der Waals surface area (Å²) in [7, 11) is 0. The fraction of sp³-hybridized carbons (Fsp3) is 0.233. The minimum absolute atomic E-state index is 0.0232. The number of benzene rings is 3. The van der Waals surface area contributed by atoms with Gasteiger partial charge in [0.1, 0.15) is 22.9 Å². The van der Waals surface area contributed by atoms with Gasteiger partial charge >= 0.3 is 0 Å². The molecule has 3 aromatic carbocycles. The van der Waals surface area contributed by atoms with E-state index >= 15 is 0 Å². The monoisotopic (exact) mass is 531 g/mol. The molecule has 0 spiro atoms. The SMILES string of the molecule is CC(C)CNC(=O)c1ccc(OCCC(N)=O)c(-c2ccc3oc(Cc4ccc(F)cc4)c(C(N)=O)c3c2)c1. The number of fused-ring (bicyclic) bond motifs is 1. The van der Waals surface area contributed by atoms with Gasteiger partial charge in [-0.2, -0.15) is 0 Å². The predicted molar refractivity (Wildman–Crippen MR) is 146 cm³/mol. The summed E-state index contributed by atoms with van der Waals surface area (Å²) in [5.41, 5.74) is 14.1. The van der Waals surface area contributed by atoms with Crippen molar-refractivity contribution in [1.82, 2.24) is 5.32 Å². The molecular weight excluding hydrogens is 501 g/mol. The zero-order valence-corrected chi connectivity index (χ0v) is 21.8. The third-order valence-electron chi connectivity index (χ3n) is 6.11. The second kappa shape index (κ2) is 11.8. The topological polar surface area (TPSA) is 138 Å². The molecule has 0 aliphatic carbocycles. The highest BCUT2D eigenvalue weighted by Crippen LogP contribution is 2.36. The number of primary amides is 2. The summed E-state index contributed by atoms with van der Waals surface area (Å²) in [6.07, 6.45) is 0.269. The van der Waals surface area contributed by atoms with Gasteiger partial charge in [0.2, 0.25) is 5.91 Å². The van der Waals surface area contributed by atoms with Crippen LogP contribution < -0.4 is 21.5 Å². The fourth-order valence-corrected chi connectivity index (χ4v) is 4.18. The first-order valence-electron chi connectivity index (χ1n) is 12.6. The van der Waals surface area contributed by atoms with Crippen LogP contribution in [0.25, 0.3) is 22.1 Å². The van der Waals surface area contributed by atoms with Gasteiger partial charge in [-0.15, -0.1) is 0 Å². The van der Waals surface area contributed by atoms with E-state index in [0.717, 1.165) is 5.56 Å². The van der Waals surface area contributed by atoms with Gasteiger partial charge in [0.05, 0.1) is 18.6 Å². The zero-order chi connectivity index (χ0) is 28.1. The van der Waals surface area contributed by atoms with Gasteiger partial charge in [-0.05, 0) is 59.5 Å². The van der Waals surface area contributed by atoms with E-state index in [9.17, 15) is 18.8 Å². The van der Waals surface area contributed by atoms with Crippen molar-refractivity contribution in [3.8, 4) is 16.9 Å². The van der Waals surface area contributed by atoms with Crippen molar-refractivity contribution in [1.29, 1.82) is 0 Å². The maximum Gasteiger partial charge on any atom is 0.252 e. The van der Waals surface area contributed by atoms with Crippen LogP contribution in [-0.2, 0) is 11.2 Å². The van der Waals surface area contributed by atoms with Crippen molar-refractivity contribution < 1.29 is 27.9 Å². The van der Waals surface area contributed by atoms with Gasteiger partial charge in [0.15, 0.2) is 0 Å². The zero-order valence-electron chi connectivity index (χ0n) is 21.8. The molecule has 5 N–H and O–H groups in total. The lowest BCUT2D eigenvalue weighted by molar-refractivity contribution is -0.118. The maximum atomic E-state index is 13.4. The van der Waals surface area contributed by atoms with Crippen LogP contribution in [0.1, 0.15) is 52.3 Å². The van der Waals surface area contributed by atoms with Crippen LogP contribution in [0.5, 0.6) is 5.75 Å². The second-order valence-corrected chi connectivity index (χ2v) is 9.66. The third kappa shape index (κ3) is 6.62. The van der Waals surface area contributed by atoms with Gasteiger partial charge in [-0.25, -0.2) is 4.39 Å². The molecule has 202 valence electrons. The van der Waals surface area contributed by atoms with Crippen LogP contribution in [0.3, 0.4) is 0 Å². The molecule has 0 aliphatic rings. The molecule has 4 rings (SSSR count). The molecule has 0 unspecified atom stereocenters. The number of nitrogens with one attached hydrogen (secondary N) is 1. The van der Waals surface area contributed by atoms with Crippen molar-refractivity contribution in [2.75, 3.05) is 13.2 Å². The Hall–Kier alpha value is -4.66. The minimum Gasteiger partial charge on any atom is -0.492 e. The molecule has 0 aliphatic heterocycles. The van der Waals surface area contributed by atoms with Gasteiger partial charge in [-0.3, -0.25) is 14.4 Å². The van der Waals surface area contributed by atoms with E-state index in [1.54, 1.807) is 48.5 Å². The summed E-state index contributed by atoms with van der Waals surface area (Å²) < 4.78 is 25.2. The molecule has 39 heavy (non-hydrogen) atoms. The Morgan fingerprint density at radius 2 is 1.74 bits per heavy atom. The molecule has 1 aromatic heterocycles. The molecule has 0 fully saturated rings. The largest absolute Gasteiger partial charge is 0.492 e. The van der Waals surface area contributed by atoms with E-state index in [4.69, 9.17) is 20.6 Å². The van der Waals surface area contributed by atoms with E-state index < -0.39 is 11.8 Å². The normalized spacial score (nSPS) is 11.1. The summed E-state index contributed by atoms with van der Waals surface area (Å²) in [6.45, 7) is 4.58. The molecular formula is C30H30FN3O5. The average molecular weight is 532 g/mol. The summed E-state index contributed by atoms with van der Waals surface area (Å²) in [5, 5.41) is 3.39. The van der Waals surface area contributed by atoms with Crippen molar-refractivity contribution in [3.05, 3.63) is 88.9 Å². The number of furan rings is 1. The maximum absolute atomic E-state index is 13.4. The summed E-state index contributed by atoms with van der Waals surface area (Å²) in [6, 6.07) is 16.1. The lowest BCUT2D eigenvalue weighted by Crippen LogP contribution is -2.27. The Morgan fingerprint density at radius 1 is 1.00 bits per heavy atom. The fourth-order valence-electron chi connectivity index (χ4n) is 4.18. The molecule has 0 radical (unpaired) electrons. The number of rotatable bonds is 11. The standard InChI is InChI=1S/C30H30FN3O5/c1-17(2)16-34-30(37)20-6-9-24(38-12-11-27(32)35)22(15-20)19-5-10-25-23(14-19)28(29(33)36)26(39-25)13-18-3-7-21(31)8-4-18/h3-10,14-15,17H,11-13,16H2,1-2H3,(H2,32,35)(H2,33,36)(H,34,37). The molecule has 1 heterocycles. The van der Waals surface area contributed by atoms with Crippen molar-refractivity contribution in [2.24, 2.45) is 17.4 Å². The van der Waals surface area contributed by atoms with E-state index in [1.807, 2.05) is 13.8 Å². The molecule has 0 bridgehead atoms. The molecule has 9 heteroatoms. The highest BCUT2D eigenvalue weighted by molar-refractivity contribution is 6.07. The highest BCUT2D eigenvalue weighted by atomic mass is 19.1. The molecule has 3 amide bonds. The van der Waals surface area contributed by atoms with E-state index in [2.05, 4.69) is 5.32 Å². The van der Waals surface area contributed by atoms with Crippen molar-refractivity contribution in [3.63, 3.8) is 0 Å². The summed E-state index contributed by atoms with van der Waals surface area (Å²) in [4.78, 5) is 36.5. The van der Waals surface area contributed by atoms with E-state index in [1.165, 1.54) is 12.1 Å². The smallest absolute Gasteiger partial charge is 0.252 e. The Labute approximate surface area is 225 Å². The number of hydrogen-bond acceptors (Lipinski definition) is 5. The van der Waals surface area contributed by atoms with Crippen molar-refractivity contribution >= 4 is 28.7 Å². The first-order chi connectivity index (χ1) is 18.6. The molecule has 0 saturated heterocycles. The minimum atomic E-state index is -0.664. The van der Waals surface area contributed by atoms with Crippen molar-refractivity contribution in [2.45, 2.75) is 26.7 Å². The lowest BCUT2D eigenvalue weighted by atomic mass is 9.98. The molecule has 0 saturated carbocycles. The van der Waals surface area contributed by atoms with Crippen LogP contribution in [0.2, 0.25) is 0 Å². The van der Waals surface area contributed by atoms with E-state index in [0.29, 0.717) is 45.7 Å². The van der Waals surface area contributed by atoms with Gasteiger partial charge < -0.3 is 25.9 Å². The first kappa shape index (κ1) is 27.4. The molecule has 0 atom stereocenters. The Balaban J connectivity index is 1.77. The van der Waals surface area contributed by atoms with Crippen LogP contribution in [0.15, 0.2) is 65.1 Å². The number of carbonyl (C=O) groups excluding carboxylic acids is 3. The highest BCUT2D eigenvalue weighted by Gasteiger charge is 2.21. The molecule has 8 nitrogen and oxygen atoms in total. The van der Waals surface area contributed by atoms with Gasteiger partial charge in [0, 0.05) is 29.5 Å². The van der Waals surface area contributed by atoms with Gasteiger partial charge in [0.25, 0.3) is 11.8 Å². The lowest BCUT2D eigenvalue weighted by Gasteiger charge is -2.14. The van der Waals surface area contributed by atoms with Crippen LogP contribution >= 0.6 is 0 Å². The summed E-state index contributed by atoms with van der Waals surface area (Å²) >= 11 is 0. The third-order valence-corrected chi connectivity index (χ3v) is 6.11. The molecule has 4 aromatic rings. The number of ether oxygens (including phenoxy) is 1. The number of amides is 3. The predicted octanol–water partition coefficient (Wildman–Crippen LogP) is 4.57. The first-order valence-corrected chi connectivity index (χ1v) is 12.6. The van der Waals surface area contributed by atoms with Crippen LogP contribution in [0, 0.1) is 11.7 Å². The van der Waals surface area contributed by atoms with Crippen LogP contribution in [0.4, 0.5) is 4.39 Å². The van der Waals surface area contributed by atoms with Crippen LogP contribution in [-0.4, -0.2) is 30.9 Å².